The smallest absolute Gasteiger partial charge is 0.407 e. The summed E-state index contributed by atoms with van der Waals surface area (Å²) in [5, 5.41) is 4.59. The van der Waals surface area contributed by atoms with Gasteiger partial charge in [0.05, 0.1) is 14.2 Å². The lowest BCUT2D eigenvalue weighted by Crippen LogP contribution is -2.39. The number of alkyl halides is 2. The van der Waals surface area contributed by atoms with Crippen LogP contribution in [-0.4, -0.2) is 45.4 Å². The molecule has 0 radical (unpaired) electrons. The van der Waals surface area contributed by atoms with Crippen LogP contribution in [0.3, 0.4) is 0 Å². The van der Waals surface area contributed by atoms with Crippen LogP contribution in [0.1, 0.15) is 12.8 Å². The summed E-state index contributed by atoms with van der Waals surface area (Å²) in [4.78, 5) is 21.6. The molecule has 8 heteroatoms. The van der Waals surface area contributed by atoms with Crippen molar-refractivity contribution in [2.45, 2.75) is 25.3 Å². The number of hydrogen-bond donors (Lipinski definition) is 2. The number of hydrogen-bond acceptors (Lipinski definition) is 4. The first-order valence-corrected chi connectivity index (χ1v) is 4.94. The fourth-order valence-corrected chi connectivity index (χ4v) is 1.11. The van der Waals surface area contributed by atoms with Crippen molar-refractivity contribution in [1.82, 2.24) is 10.6 Å². The number of carbonyl (C=O) groups is 2. The molecular weight excluding hydrogens is 238 g/mol. The molecule has 0 aliphatic rings. The Bertz CT molecular complexity index is 251. The van der Waals surface area contributed by atoms with E-state index in [4.69, 9.17) is 0 Å². The third-order valence-electron chi connectivity index (χ3n) is 1.92. The molecule has 0 aromatic carbocycles. The number of ether oxygens (including phenoxy) is 2. The van der Waals surface area contributed by atoms with Gasteiger partial charge in [0.25, 0.3) is 0 Å². The quantitative estimate of drug-likeness (QED) is 0.744. The number of rotatable bonds is 6. The predicted octanol–water partition coefficient (Wildman–Crippen LogP) is 1.11. The number of halogens is 2. The Labute approximate surface area is 97.6 Å². The van der Waals surface area contributed by atoms with E-state index in [0.717, 1.165) is 7.11 Å². The number of methoxy groups -OCH3 is 2. The van der Waals surface area contributed by atoms with Gasteiger partial charge in [0.1, 0.15) is 0 Å². The normalized spacial score (nSPS) is 11.8. The summed E-state index contributed by atoms with van der Waals surface area (Å²) in [6, 6.07) is -0.764. The van der Waals surface area contributed by atoms with Crippen molar-refractivity contribution < 1.29 is 27.8 Å². The summed E-state index contributed by atoms with van der Waals surface area (Å²) < 4.78 is 33.0. The van der Waals surface area contributed by atoms with E-state index in [2.05, 4.69) is 20.1 Å². The highest BCUT2D eigenvalue weighted by Crippen LogP contribution is 2.07. The Morgan fingerprint density at radius 2 is 1.76 bits per heavy atom. The Hall–Kier alpha value is -1.60. The van der Waals surface area contributed by atoms with E-state index in [1.807, 2.05) is 0 Å². The van der Waals surface area contributed by atoms with Crippen LogP contribution in [0, 0.1) is 0 Å². The molecule has 0 saturated carbocycles. The van der Waals surface area contributed by atoms with Crippen molar-refractivity contribution in [3.63, 3.8) is 0 Å². The Kier molecular flexibility index (Phi) is 7.74. The summed E-state index contributed by atoms with van der Waals surface area (Å²) in [5.74, 6) is 0. The molecule has 0 aromatic rings. The van der Waals surface area contributed by atoms with Crippen LogP contribution in [-0.2, 0) is 9.47 Å². The minimum Gasteiger partial charge on any atom is -0.453 e. The zero-order valence-corrected chi connectivity index (χ0v) is 9.66. The van der Waals surface area contributed by atoms with Gasteiger partial charge in [-0.2, -0.15) is 0 Å². The average Bonchev–Trinajstić information content (AvgIpc) is 2.27. The van der Waals surface area contributed by atoms with Crippen LogP contribution in [0.2, 0.25) is 0 Å². The highest BCUT2D eigenvalue weighted by Gasteiger charge is 2.17. The molecule has 0 fully saturated rings. The number of amides is 2. The van der Waals surface area contributed by atoms with Crippen molar-refractivity contribution in [1.29, 1.82) is 0 Å². The molecule has 1 atom stereocenters. The lowest BCUT2D eigenvalue weighted by molar-refractivity contribution is 0.115. The summed E-state index contributed by atoms with van der Waals surface area (Å²) in [7, 11) is 2.33. The lowest BCUT2D eigenvalue weighted by Gasteiger charge is -2.17. The van der Waals surface area contributed by atoms with E-state index in [0.29, 0.717) is 0 Å². The SMILES string of the molecule is COC(=O)NCCC(CC(F)F)NC(=O)OC. The maximum Gasteiger partial charge on any atom is 0.407 e. The molecule has 1 unspecified atom stereocenters. The largest absolute Gasteiger partial charge is 0.453 e. The van der Waals surface area contributed by atoms with E-state index in [1.165, 1.54) is 7.11 Å². The van der Waals surface area contributed by atoms with E-state index in [9.17, 15) is 18.4 Å². The zero-order valence-electron chi connectivity index (χ0n) is 9.66. The molecule has 0 heterocycles. The van der Waals surface area contributed by atoms with Crippen LogP contribution < -0.4 is 10.6 Å². The van der Waals surface area contributed by atoms with Crippen molar-refractivity contribution in [3.8, 4) is 0 Å². The zero-order chi connectivity index (χ0) is 13.3. The summed E-state index contributed by atoms with van der Waals surface area (Å²) in [5.41, 5.74) is 0. The summed E-state index contributed by atoms with van der Waals surface area (Å²) in [6.07, 6.45) is -4.32. The van der Waals surface area contributed by atoms with Crippen molar-refractivity contribution >= 4 is 12.2 Å². The minimum atomic E-state index is -2.55. The van der Waals surface area contributed by atoms with Gasteiger partial charge in [-0.1, -0.05) is 0 Å². The minimum absolute atomic E-state index is 0.119. The van der Waals surface area contributed by atoms with Gasteiger partial charge in [0.2, 0.25) is 6.43 Å². The lowest BCUT2D eigenvalue weighted by atomic mass is 10.1. The van der Waals surface area contributed by atoms with Gasteiger partial charge < -0.3 is 20.1 Å². The van der Waals surface area contributed by atoms with Crippen LogP contribution in [0.5, 0.6) is 0 Å². The summed E-state index contributed by atoms with van der Waals surface area (Å²) in [6.45, 7) is 0.119. The third kappa shape index (κ3) is 8.23. The molecule has 2 N–H and O–H groups in total. The molecule has 6 nitrogen and oxygen atoms in total. The second-order valence-corrected chi connectivity index (χ2v) is 3.17. The average molecular weight is 254 g/mol. The monoisotopic (exact) mass is 254 g/mol. The highest BCUT2D eigenvalue weighted by molar-refractivity contribution is 5.67. The van der Waals surface area contributed by atoms with E-state index in [-0.39, 0.29) is 13.0 Å². The maximum atomic E-state index is 12.2. The van der Waals surface area contributed by atoms with E-state index >= 15 is 0 Å². The van der Waals surface area contributed by atoms with Gasteiger partial charge in [-0.15, -0.1) is 0 Å². The number of nitrogens with one attached hydrogen (secondary N) is 2. The molecule has 0 aliphatic carbocycles. The first-order valence-electron chi connectivity index (χ1n) is 4.94. The Balaban J connectivity index is 4.01. The van der Waals surface area contributed by atoms with Gasteiger partial charge in [0.15, 0.2) is 0 Å². The van der Waals surface area contributed by atoms with Gasteiger partial charge in [-0.25, -0.2) is 18.4 Å². The highest BCUT2D eigenvalue weighted by atomic mass is 19.3. The van der Waals surface area contributed by atoms with Gasteiger partial charge in [-0.05, 0) is 6.42 Å². The molecule has 2 amide bonds. The topological polar surface area (TPSA) is 76.7 Å². The fourth-order valence-electron chi connectivity index (χ4n) is 1.11. The van der Waals surface area contributed by atoms with Crippen molar-refractivity contribution in [2.24, 2.45) is 0 Å². The molecule has 0 rings (SSSR count). The van der Waals surface area contributed by atoms with Crippen LogP contribution in [0.25, 0.3) is 0 Å². The molecule has 0 aromatic heterocycles. The molecule has 17 heavy (non-hydrogen) atoms. The molecule has 0 bridgehead atoms. The molecular formula is C9H16F2N2O4. The van der Waals surface area contributed by atoms with Crippen LogP contribution >= 0.6 is 0 Å². The standard InChI is InChI=1S/C9H16F2N2O4/c1-16-8(14)12-4-3-6(5-7(10)11)13-9(15)17-2/h6-7H,3-5H2,1-2H3,(H,12,14)(H,13,15). The third-order valence-corrected chi connectivity index (χ3v) is 1.92. The second-order valence-electron chi connectivity index (χ2n) is 3.17. The number of carbonyl (C=O) groups excluding carboxylic acids is 2. The maximum absolute atomic E-state index is 12.2. The molecule has 0 saturated heterocycles. The van der Waals surface area contributed by atoms with Crippen molar-refractivity contribution in [3.05, 3.63) is 0 Å². The molecule has 0 spiro atoms. The fraction of sp³-hybridized carbons (Fsp3) is 0.778. The van der Waals surface area contributed by atoms with Gasteiger partial charge in [-0.3, -0.25) is 0 Å². The van der Waals surface area contributed by atoms with Crippen LogP contribution in [0.15, 0.2) is 0 Å². The van der Waals surface area contributed by atoms with E-state index in [1.54, 1.807) is 0 Å². The Morgan fingerprint density at radius 3 is 2.24 bits per heavy atom. The summed E-state index contributed by atoms with van der Waals surface area (Å²) >= 11 is 0. The number of alkyl carbamates (subject to hydrolysis) is 2. The first kappa shape index (κ1) is 15.4. The van der Waals surface area contributed by atoms with Gasteiger partial charge >= 0.3 is 12.2 Å². The molecule has 0 aliphatic heterocycles. The van der Waals surface area contributed by atoms with Gasteiger partial charge in [0, 0.05) is 19.0 Å². The Morgan fingerprint density at radius 1 is 1.18 bits per heavy atom. The molecule has 100 valence electrons. The van der Waals surface area contributed by atoms with E-state index < -0.39 is 31.1 Å². The first-order chi connectivity index (χ1) is 7.99. The van der Waals surface area contributed by atoms with Crippen molar-refractivity contribution in [2.75, 3.05) is 20.8 Å². The second kappa shape index (κ2) is 8.54. The van der Waals surface area contributed by atoms with Crippen LogP contribution in [0.4, 0.5) is 18.4 Å². The predicted molar refractivity (Wildman–Crippen MR) is 55.0 cm³/mol.